The van der Waals surface area contributed by atoms with Crippen LogP contribution >= 0.6 is 0 Å². The van der Waals surface area contributed by atoms with Crippen LogP contribution in [-0.2, 0) is 16.4 Å². The summed E-state index contributed by atoms with van der Waals surface area (Å²) < 4.78 is 36.8. The third-order valence-corrected chi connectivity index (χ3v) is 6.65. The van der Waals surface area contributed by atoms with Crippen LogP contribution in [0.4, 0.5) is 0 Å². The van der Waals surface area contributed by atoms with E-state index in [9.17, 15) is 8.42 Å². The molecule has 1 saturated heterocycles. The smallest absolute Gasteiger partial charge is 0.214 e. The summed E-state index contributed by atoms with van der Waals surface area (Å²) >= 11 is 0. The van der Waals surface area contributed by atoms with Crippen LogP contribution in [0.1, 0.15) is 38.2 Å². The average molecular weight is 356 g/mol. The number of unbranched alkanes of at least 4 members (excludes halogenated alkanes) is 1. The highest BCUT2D eigenvalue weighted by atomic mass is 32.2. The Morgan fingerprint density at radius 3 is 2.38 bits per heavy atom. The van der Waals surface area contributed by atoms with Crippen LogP contribution in [0.15, 0.2) is 18.2 Å². The second-order valence-corrected chi connectivity index (χ2v) is 8.49. The Morgan fingerprint density at radius 1 is 1.12 bits per heavy atom. The molecule has 0 spiro atoms. The van der Waals surface area contributed by atoms with Crippen molar-refractivity contribution < 1.29 is 17.9 Å². The first-order valence-corrected chi connectivity index (χ1v) is 10.3. The molecule has 0 aromatic heterocycles. The predicted molar refractivity (Wildman–Crippen MR) is 96.2 cm³/mol. The first-order chi connectivity index (χ1) is 11.5. The molecule has 1 heterocycles. The summed E-state index contributed by atoms with van der Waals surface area (Å²) in [4.78, 5) is 0. The Balaban J connectivity index is 1.91. The van der Waals surface area contributed by atoms with E-state index < -0.39 is 10.0 Å². The van der Waals surface area contributed by atoms with E-state index in [-0.39, 0.29) is 5.75 Å². The fourth-order valence-corrected chi connectivity index (χ4v) is 4.87. The number of hydrogen-bond acceptors (Lipinski definition) is 4. The lowest BCUT2D eigenvalue weighted by atomic mass is 9.91. The van der Waals surface area contributed by atoms with Gasteiger partial charge in [-0.3, -0.25) is 0 Å². The monoisotopic (exact) mass is 355 g/mol. The summed E-state index contributed by atoms with van der Waals surface area (Å²) in [6.45, 7) is 3.30. The minimum Gasteiger partial charge on any atom is -0.493 e. The first-order valence-electron chi connectivity index (χ1n) is 8.69. The number of piperidine rings is 1. The van der Waals surface area contributed by atoms with Crippen molar-refractivity contribution in [3.8, 4) is 11.5 Å². The van der Waals surface area contributed by atoms with E-state index in [2.05, 4.69) is 6.07 Å². The molecule has 0 bridgehead atoms. The Kier molecular flexibility index (Phi) is 6.92. The SMILES string of the molecule is CCCCS(=O)(=O)N1CCC(Cc2ccc(OC)c(OC)c2)CC1. The highest BCUT2D eigenvalue weighted by Gasteiger charge is 2.27. The van der Waals surface area contributed by atoms with Gasteiger partial charge in [-0.2, -0.15) is 0 Å². The van der Waals surface area contributed by atoms with Crippen LogP contribution in [0, 0.1) is 5.92 Å². The molecule has 0 aliphatic carbocycles. The van der Waals surface area contributed by atoms with E-state index in [4.69, 9.17) is 9.47 Å². The van der Waals surface area contributed by atoms with Crippen molar-refractivity contribution >= 4 is 10.0 Å². The van der Waals surface area contributed by atoms with Crippen molar-refractivity contribution in [3.05, 3.63) is 23.8 Å². The maximum absolute atomic E-state index is 12.3. The quantitative estimate of drug-likeness (QED) is 0.719. The van der Waals surface area contributed by atoms with Crippen LogP contribution in [0.3, 0.4) is 0 Å². The highest BCUT2D eigenvalue weighted by molar-refractivity contribution is 7.89. The lowest BCUT2D eigenvalue weighted by molar-refractivity contribution is 0.272. The maximum Gasteiger partial charge on any atom is 0.214 e. The van der Waals surface area contributed by atoms with Gasteiger partial charge in [-0.15, -0.1) is 0 Å². The molecule has 1 aliphatic rings. The van der Waals surface area contributed by atoms with Gasteiger partial charge >= 0.3 is 0 Å². The van der Waals surface area contributed by atoms with Crippen molar-refractivity contribution in [2.24, 2.45) is 5.92 Å². The van der Waals surface area contributed by atoms with Gasteiger partial charge in [0.2, 0.25) is 10.0 Å². The minimum atomic E-state index is -3.06. The second kappa shape index (κ2) is 8.72. The van der Waals surface area contributed by atoms with Crippen LogP contribution < -0.4 is 9.47 Å². The van der Waals surface area contributed by atoms with Crippen molar-refractivity contribution in [3.63, 3.8) is 0 Å². The molecule has 1 aromatic carbocycles. The molecule has 136 valence electrons. The van der Waals surface area contributed by atoms with Crippen molar-refractivity contribution in [2.45, 2.75) is 39.0 Å². The molecule has 0 atom stereocenters. The van der Waals surface area contributed by atoms with Gasteiger partial charge in [-0.05, 0) is 49.3 Å². The second-order valence-electron chi connectivity index (χ2n) is 6.41. The van der Waals surface area contributed by atoms with Gasteiger partial charge in [0, 0.05) is 13.1 Å². The molecule has 0 N–H and O–H groups in total. The zero-order chi connectivity index (χ0) is 17.6. The van der Waals surface area contributed by atoms with E-state index in [0.29, 0.717) is 19.0 Å². The van der Waals surface area contributed by atoms with Gasteiger partial charge in [-0.25, -0.2) is 12.7 Å². The summed E-state index contributed by atoms with van der Waals surface area (Å²) in [5.41, 5.74) is 1.21. The lowest BCUT2D eigenvalue weighted by Gasteiger charge is -2.31. The first kappa shape index (κ1) is 19.1. The number of rotatable bonds is 8. The number of sulfonamides is 1. The fraction of sp³-hybridized carbons (Fsp3) is 0.667. The Bertz CT molecular complexity index is 622. The topological polar surface area (TPSA) is 55.8 Å². The number of methoxy groups -OCH3 is 2. The molecule has 0 unspecified atom stereocenters. The van der Waals surface area contributed by atoms with Gasteiger partial charge in [0.05, 0.1) is 20.0 Å². The number of hydrogen-bond donors (Lipinski definition) is 0. The highest BCUT2D eigenvalue weighted by Crippen LogP contribution is 2.30. The summed E-state index contributed by atoms with van der Waals surface area (Å²) in [6, 6.07) is 6.01. The molecule has 6 heteroatoms. The lowest BCUT2D eigenvalue weighted by Crippen LogP contribution is -2.40. The van der Waals surface area contributed by atoms with Crippen molar-refractivity contribution in [1.29, 1.82) is 0 Å². The molecular formula is C18H29NO4S. The Morgan fingerprint density at radius 2 is 1.79 bits per heavy atom. The molecule has 0 saturated carbocycles. The largest absolute Gasteiger partial charge is 0.493 e. The minimum absolute atomic E-state index is 0.282. The molecule has 1 aromatic rings. The van der Waals surface area contributed by atoms with Gasteiger partial charge in [0.25, 0.3) is 0 Å². The molecule has 2 rings (SSSR count). The predicted octanol–water partition coefficient (Wildman–Crippen LogP) is 3.09. The van der Waals surface area contributed by atoms with Crippen LogP contribution in [0.25, 0.3) is 0 Å². The molecule has 0 amide bonds. The summed E-state index contributed by atoms with van der Waals surface area (Å²) in [7, 11) is 0.207. The third-order valence-electron chi connectivity index (χ3n) is 4.70. The normalized spacial score (nSPS) is 17.0. The maximum atomic E-state index is 12.3. The Hall–Kier alpha value is -1.27. The van der Waals surface area contributed by atoms with Gasteiger partial charge in [0.1, 0.15) is 0 Å². The zero-order valence-corrected chi connectivity index (χ0v) is 15.8. The third kappa shape index (κ3) is 4.86. The molecular weight excluding hydrogens is 326 g/mol. The molecule has 0 radical (unpaired) electrons. The average Bonchev–Trinajstić information content (AvgIpc) is 2.60. The van der Waals surface area contributed by atoms with Crippen molar-refractivity contribution in [1.82, 2.24) is 4.31 Å². The van der Waals surface area contributed by atoms with E-state index in [1.54, 1.807) is 18.5 Å². The van der Waals surface area contributed by atoms with Crippen molar-refractivity contribution in [2.75, 3.05) is 33.1 Å². The summed E-state index contributed by atoms with van der Waals surface area (Å²) in [6.07, 6.45) is 4.44. The van der Waals surface area contributed by atoms with Crippen LogP contribution in [0.2, 0.25) is 0 Å². The van der Waals surface area contributed by atoms with Gasteiger partial charge in [-0.1, -0.05) is 19.4 Å². The molecule has 1 aliphatic heterocycles. The summed E-state index contributed by atoms with van der Waals surface area (Å²) in [5.74, 6) is 2.28. The standard InChI is InChI=1S/C18H29NO4S/c1-4-5-12-24(20,21)19-10-8-15(9-11-19)13-16-6-7-17(22-2)18(14-16)23-3/h6-7,14-15H,4-5,8-13H2,1-3H3. The summed E-state index contributed by atoms with van der Waals surface area (Å²) in [5, 5.41) is 0. The van der Waals surface area contributed by atoms with E-state index >= 15 is 0 Å². The number of ether oxygens (including phenoxy) is 2. The van der Waals surface area contributed by atoms with Gasteiger partial charge in [0.15, 0.2) is 11.5 Å². The van der Waals surface area contributed by atoms with E-state index in [1.807, 2.05) is 19.1 Å². The Labute approximate surface area is 146 Å². The van der Waals surface area contributed by atoms with Gasteiger partial charge < -0.3 is 9.47 Å². The molecule has 1 fully saturated rings. The van der Waals surface area contributed by atoms with E-state index in [0.717, 1.165) is 43.6 Å². The number of benzene rings is 1. The molecule has 5 nitrogen and oxygen atoms in total. The fourth-order valence-electron chi connectivity index (χ4n) is 3.19. The van der Waals surface area contributed by atoms with Crippen LogP contribution in [-0.4, -0.2) is 45.8 Å². The molecule has 24 heavy (non-hydrogen) atoms. The van der Waals surface area contributed by atoms with E-state index in [1.165, 1.54) is 5.56 Å². The van der Waals surface area contributed by atoms with Crippen LogP contribution in [0.5, 0.6) is 11.5 Å². The number of nitrogens with zero attached hydrogens (tertiary/aromatic N) is 1. The zero-order valence-electron chi connectivity index (χ0n) is 15.0.